The summed E-state index contributed by atoms with van der Waals surface area (Å²) in [6.07, 6.45) is 0. The molecule has 8 aromatic rings. The summed E-state index contributed by atoms with van der Waals surface area (Å²) in [7, 11) is 0. The zero-order valence-electron chi connectivity index (χ0n) is 22.4. The van der Waals surface area contributed by atoms with Crippen molar-refractivity contribution in [3.05, 3.63) is 158 Å². The van der Waals surface area contributed by atoms with Crippen LogP contribution in [0.3, 0.4) is 0 Å². The summed E-state index contributed by atoms with van der Waals surface area (Å²) in [5.74, 6) is 0.905. The molecule has 0 amide bonds. The number of furan rings is 1. The standard InChI is InChI=1S/C40H26O/c1-3-13-27(14-4-1)37-31-17-7-9-19-33(31)38(34-20-10-8-18-32(34)37)28-23-25-29(26-24-28)39-35-21-11-12-22-36(35)41-40(39)30-15-5-2-6-16-30/h1-26H. The first-order valence-corrected chi connectivity index (χ1v) is 14.0. The molecule has 0 bridgehead atoms. The normalized spacial score (nSPS) is 11.4. The van der Waals surface area contributed by atoms with Crippen LogP contribution in [0.4, 0.5) is 0 Å². The van der Waals surface area contributed by atoms with Crippen molar-refractivity contribution in [2.24, 2.45) is 0 Å². The van der Waals surface area contributed by atoms with Gasteiger partial charge in [-0.2, -0.15) is 0 Å². The molecular weight excluding hydrogens is 496 g/mol. The van der Waals surface area contributed by atoms with Crippen LogP contribution in [0.25, 0.3) is 77.2 Å². The number of hydrogen-bond donors (Lipinski definition) is 0. The van der Waals surface area contributed by atoms with Gasteiger partial charge in [-0.1, -0.05) is 152 Å². The Labute approximate surface area is 238 Å². The molecular formula is C40H26O. The summed E-state index contributed by atoms with van der Waals surface area (Å²) in [5.41, 5.74) is 9.25. The van der Waals surface area contributed by atoms with Crippen LogP contribution in [-0.2, 0) is 0 Å². The van der Waals surface area contributed by atoms with Crippen molar-refractivity contribution < 1.29 is 4.42 Å². The Bertz CT molecular complexity index is 2110. The van der Waals surface area contributed by atoms with E-state index in [2.05, 4.69) is 140 Å². The average molecular weight is 523 g/mol. The maximum atomic E-state index is 6.43. The maximum absolute atomic E-state index is 6.43. The van der Waals surface area contributed by atoms with Gasteiger partial charge >= 0.3 is 0 Å². The Hall–Kier alpha value is -5.40. The number of fused-ring (bicyclic) bond motifs is 3. The molecule has 0 aliphatic heterocycles. The van der Waals surface area contributed by atoms with Crippen molar-refractivity contribution in [1.29, 1.82) is 0 Å². The lowest BCUT2D eigenvalue weighted by Gasteiger charge is -2.18. The molecule has 192 valence electrons. The first-order valence-electron chi connectivity index (χ1n) is 14.0. The van der Waals surface area contributed by atoms with Gasteiger partial charge in [0.15, 0.2) is 0 Å². The zero-order chi connectivity index (χ0) is 27.2. The lowest BCUT2D eigenvalue weighted by Crippen LogP contribution is -1.90. The third kappa shape index (κ3) is 3.86. The molecule has 0 saturated heterocycles. The summed E-state index contributed by atoms with van der Waals surface area (Å²) in [6.45, 7) is 0. The van der Waals surface area contributed by atoms with E-state index in [4.69, 9.17) is 4.42 Å². The molecule has 0 spiro atoms. The van der Waals surface area contributed by atoms with Crippen molar-refractivity contribution in [2.45, 2.75) is 0 Å². The second kappa shape index (κ2) is 9.66. The van der Waals surface area contributed by atoms with E-state index in [1.165, 1.54) is 43.8 Å². The van der Waals surface area contributed by atoms with Crippen molar-refractivity contribution in [3.8, 4) is 44.7 Å². The van der Waals surface area contributed by atoms with Crippen molar-refractivity contribution in [1.82, 2.24) is 0 Å². The molecule has 0 atom stereocenters. The highest BCUT2D eigenvalue weighted by Gasteiger charge is 2.19. The van der Waals surface area contributed by atoms with Crippen LogP contribution in [0.2, 0.25) is 0 Å². The molecule has 8 rings (SSSR count). The van der Waals surface area contributed by atoms with E-state index in [-0.39, 0.29) is 0 Å². The Morgan fingerprint density at radius 3 is 1.15 bits per heavy atom. The van der Waals surface area contributed by atoms with Gasteiger partial charge in [0.2, 0.25) is 0 Å². The minimum atomic E-state index is 0.902. The summed E-state index contributed by atoms with van der Waals surface area (Å²) in [6, 6.07) is 56.1. The summed E-state index contributed by atoms with van der Waals surface area (Å²) in [5, 5.41) is 6.18. The lowest BCUT2D eigenvalue weighted by molar-refractivity contribution is 0.632. The molecule has 0 aliphatic carbocycles. The summed E-state index contributed by atoms with van der Waals surface area (Å²) < 4.78 is 6.43. The van der Waals surface area contributed by atoms with Crippen molar-refractivity contribution in [3.63, 3.8) is 0 Å². The molecule has 1 heteroatoms. The van der Waals surface area contributed by atoms with Crippen LogP contribution in [0.15, 0.2) is 162 Å². The predicted molar refractivity (Wildman–Crippen MR) is 173 cm³/mol. The smallest absolute Gasteiger partial charge is 0.143 e. The van der Waals surface area contributed by atoms with Gasteiger partial charge in [0.1, 0.15) is 11.3 Å². The highest BCUT2D eigenvalue weighted by atomic mass is 16.3. The highest BCUT2D eigenvalue weighted by Crippen LogP contribution is 2.45. The van der Waals surface area contributed by atoms with E-state index >= 15 is 0 Å². The van der Waals surface area contributed by atoms with Gasteiger partial charge in [-0.15, -0.1) is 0 Å². The average Bonchev–Trinajstić information content (AvgIpc) is 3.44. The molecule has 0 unspecified atom stereocenters. The Kier molecular flexibility index (Phi) is 5.53. The fraction of sp³-hybridized carbons (Fsp3) is 0. The zero-order valence-corrected chi connectivity index (χ0v) is 22.4. The molecule has 0 radical (unpaired) electrons. The number of para-hydroxylation sites is 1. The van der Waals surface area contributed by atoms with E-state index in [1.54, 1.807) is 0 Å². The molecule has 1 heterocycles. The Morgan fingerprint density at radius 2 is 0.634 bits per heavy atom. The van der Waals surface area contributed by atoms with E-state index in [1.807, 2.05) is 18.2 Å². The third-order valence-electron chi connectivity index (χ3n) is 8.09. The van der Waals surface area contributed by atoms with Gasteiger partial charge < -0.3 is 4.42 Å². The minimum absolute atomic E-state index is 0.902. The molecule has 7 aromatic carbocycles. The van der Waals surface area contributed by atoms with E-state index in [0.717, 1.165) is 33.4 Å². The minimum Gasteiger partial charge on any atom is -0.455 e. The molecule has 0 N–H and O–H groups in total. The molecule has 0 saturated carbocycles. The molecule has 0 aliphatic rings. The van der Waals surface area contributed by atoms with Gasteiger partial charge in [-0.05, 0) is 55.4 Å². The van der Waals surface area contributed by atoms with Crippen LogP contribution in [-0.4, -0.2) is 0 Å². The SMILES string of the molecule is c1ccc(-c2oc3ccccc3c2-c2ccc(-c3c4ccccc4c(-c4ccccc4)c4ccccc34)cc2)cc1. The van der Waals surface area contributed by atoms with Crippen LogP contribution >= 0.6 is 0 Å². The predicted octanol–water partition coefficient (Wildman–Crippen LogP) is 11.4. The van der Waals surface area contributed by atoms with Crippen LogP contribution in [0, 0.1) is 0 Å². The van der Waals surface area contributed by atoms with E-state index in [9.17, 15) is 0 Å². The molecule has 0 fully saturated rings. The van der Waals surface area contributed by atoms with Crippen molar-refractivity contribution in [2.75, 3.05) is 0 Å². The highest BCUT2D eigenvalue weighted by molar-refractivity contribution is 6.21. The van der Waals surface area contributed by atoms with Crippen LogP contribution in [0.1, 0.15) is 0 Å². The molecule has 1 aromatic heterocycles. The topological polar surface area (TPSA) is 13.1 Å². The van der Waals surface area contributed by atoms with Gasteiger partial charge in [0.25, 0.3) is 0 Å². The first-order chi connectivity index (χ1) is 20.4. The quantitative estimate of drug-likeness (QED) is 0.210. The Balaban J connectivity index is 1.35. The maximum Gasteiger partial charge on any atom is 0.143 e. The van der Waals surface area contributed by atoms with Crippen LogP contribution < -0.4 is 0 Å². The number of benzene rings is 7. The van der Waals surface area contributed by atoms with Gasteiger partial charge in [0, 0.05) is 16.5 Å². The Morgan fingerprint density at radius 1 is 0.268 bits per heavy atom. The van der Waals surface area contributed by atoms with Crippen molar-refractivity contribution >= 4 is 32.5 Å². The van der Waals surface area contributed by atoms with E-state index < -0.39 is 0 Å². The monoisotopic (exact) mass is 522 g/mol. The second-order valence-corrected chi connectivity index (χ2v) is 10.5. The fourth-order valence-corrected chi connectivity index (χ4v) is 6.28. The van der Waals surface area contributed by atoms with Gasteiger partial charge in [0.05, 0.1) is 0 Å². The molecule has 1 nitrogen and oxygen atoms in total. The lowest BCUT2D eigenvalue weighted by atomic mass is 9.85. The fourth-order valence-electron chi connectivity index (χ4n) is 6.28. The number of rotatable bonds is 4. The first kappa shape index (κ1) is 23.5. The van der Waals surface area contributed by atoms with Gasteiger partial charge in [-0.3, -0.25) is 0 Å². The largest absolute Gasteiger partial charge is 0.455 e. The molecule has 41 heavy (non-hydrogen) atoms. The number of hydrogen-bond acceptors (Lipinski definition) is 1. The van der Waals surface area contributed by atoms with E-state index in [0.29, 0.717) is 0 Å². The summed E-state index contributed by atoms with van der Waals surface area (Å²) >= 11 is 0. The van der Waals surface area contributed by atoms with Crippen LogP contribution in [0.5, 0.6) is 0 Å². The second-order valence-electron chi connectivity index (χ2n) is 10.5. The summed E-state index contributed by atoms with van der Waals surface area (Å²) in [4.78, 5) is 0. The third-order valence-corrected chi connectivity index (χ3v) is 8.09. The van der Waals surface area contributed by atoms with Gasteiger partial charge in [-0.25, -0.2) is 0 Å².